The predicted molar refractivity (Wildman–Crippen MR) is 83.0 cm³/mol. The van der Waals surface area contributed by atoms with Crippen molar-refractivity contribution >= 4 is 11.6 Å². The molecule has 2 rings (SSSR count). The quantitative estimate of drug-likeness (QED) is 0.772. The van der Waals surface area contributed by atoms with Gasteiger partial charge >= 0.3 is 0 Å². The summed E-state index contributed by atoms with van der Waals surface area (Å²) < 4.78 is 0. The lowest BCUT2D eigenvalue weighted by atomic mass is 9.86. The van der Waals surface area contributed by atoms with Gasteiger partial charge in [0.05, 0.1) is 6.04 Å². The average Bonchev–Trinajstić information content (AvgIpc) is 2.38. The number of carbonyl (C=O) groups excluding carboxylic acids is 1. The molecule has 1 aromatic carbocycles. The Hall–Kier alpha value is -1.39. The molecular weight excluding hydrogens is 250 g/mol. The number of rotatable bonds is 2. The van der Waals surface area contributed by atoms with Crippen LogP contribution in [-0.4, -0.2) is 31.1 Å². The molecule has 0 aromatic heterocycles. The van der Waals surface area contributed by atoms with E-state index in [0.29, 0.717) is 12.6 Å². The second-order valence-electron chi connectivity index (χ2n) is 6.55. The van der Waals surface area contributed by atoms with E-state index >= 15 is 0 Å². The fourth-order valence-corrected chi connectivity index (χ4v) is 2.43. The molecule has 3 N–H and O–H groups in total. The van der Waals surface area contributed by atoms with Crippen LogP contribution < -0.4 is 16.0 Å². The Balaban J connectivity index is 2.08. The van der Waals surface area contributed by atoms with Gasteiger partial charge in [-0.3, -0.25) is 4.79 Å². The molecule has 2 unspecified atom stereocenters. The molecule has 1 aromatic rings. The number of hydrogen-bond donors (Lipinski definition) is 3. The van der Waals surface area contributed by atoms with Gasteiger partial charge in [0.15, 0.2) is 0 Å². The molecule has 1 heterocycles. The zero-order valence-corrected chi connectivity index (χ0v) is 12.8. The van der Waals surface area contributed by atoms with E-state index in [1.807, 2.05) is 18.2 Å². The van der Waals surface area contributed by atoms with Crippen molar-refractivity contribution in [3.05, 3.63) is 29.8 Å². The molecule has 110 valence electrons. The van der Waals surface area contributed by atoms with Gasteiger partial charge in [0.2, 0.25) is 5.91 Å². The molecule has 2 atom stereocenters. The standard InChI is InChI=1S/C16H25N3O/c1-11-9-18-14(10-17-11)15(20)19-13-8-6-5-7-12(13)16(2,3)4/h5-8,11,14,17-18H,9-10H2,1-4H3,(H,19,20). The molecule has 0 spiro atoms. The maximum atomic E-state index is 12.3. The van der Waals surface area contributed by atoms with Crippen molar-refractivity contribution in [2.45, 2.75) is 45.2 Å². The highest BCUT2D eigenvalue weighted by molar-refractivity contribution is 5.95. The summed E-state index contributed by atoms with van der Waals surface area (Å²) in [5.41, 5.74) is 2.08. The van der Waals surface area contributed by atoms with Gasteiger partial charge in [-0.15, -0.1) is 0 Å². The summed E-state index contributed by atoms with van der Waals surface area (Å²) in [6, 6.07) is 8.26. The monoisotopic (exact) mass is 275 g/mol. The summed E-state index contributed by atoms with van der Waals surface area (Å²) >= 11 is 0. The third-order valence-electron chi connectivity index (χ3n) is 3.65. The van der Waals surface area contributed by atoms with Gasteiger partial charge in [-0.05, 0) is 24.0 Å². The van der Waals surface area contributed by atoms with Crippen LogP contribution in [0, 0.1) is 0 Å². The van der Waals surface area contributed by atoms with Crippen molar-refractivity contribution in [1.29, 1.82) is 0 Å². The molecule has 0 aliphatic carbocycles. The minimum Gasteiger partial charge on any atom is -0.324 e. The van der Waals surface area contributed by atoms with Crippen LogP contribution in [0.4, 0.5) is 5.69 Å². The van der Waals surface area contributed by atoms with Crippen LogP contribution in [0.5, 0.6) is 0 Å². The molecule has 0 bridgehead atoms. The molecule has 1 aliphatic heterocycles. The highest BCUT2D eigenvalue weighted by Gasteiger charge is 2.25. The smallest absolute Gasteiger partial charge is 0.242 e. The molecule has 4 heteroatoms. The Labute approximate surface area is 121 Å². The Morgan fingerprint density at radius 2 is 1.90 bits per heavy atom. The topological polar surface area (TPSA) is 53.2 Å². The van der Waals surface area contributed by atoms with Crippen LogP contribution in [0.1, 0.15) is 33.3 Å². The van der Waals surface area contributed by atoms with Crippen LogP contribution in [0.15, 0.2) is 24.3 Å². The number of carbonyl (C=O) groups is 1. The van der Waals surface area contributed by atoms with Crippen molar-refractivity contribution in [3.63, 3.8) is 0 Å². The third-order valence-corrected chi connectivity index (χ3v) is 3.65. The van der Waals surface area contributed by atoms with E-state index in [1.54, 1.807) is 0 Å². The van der Waals surface area contributed by atoms with E-state index in [4.69, 9.17) is 0 Å². The number of anilines is 1. The van der Waals surface area contributed by atoms with Gasteiger partial charge in [0.1, 0.15) is 0 Å². The maximum absolute atomic E-state index is 12.3. The molecular formula is C16H25N3O. The molecule has 4 nitrogen and oxygen atoms in total. The Morgan fingerprint density at radius 1 is 1.20 bits per heavy atom. The molecule has 1 aliphatic rings. The second kappa shape index (κ2) is 5.94. The minimum atomic E-state index is -0.167. The fraction of sp³-hybridized carbons (Fsp3) is 0.562. The number of nitrogens with one attached hydrogen (secondary N) is 3. The van der Waals surface area contributed by atoms with Crippen molar-refractivity contribution in [3.8, 4) is 0 Å². The first-order valence-corrected chi connectivity index (χ1v) is 7.25. The predicted octanol–water partition coefficient (Wildman–Crippen LogP) is 1.87. The summed E-state index contributed by atoms with van der Waals surface area (Å²) in [6.07, 6.45) is 0. The average molecular weight is 275 g/mol. The lowest BCUT2D eigenvalue weighted by Crippen LogP contribution is -2.57. The molecule has 1 amide bonds. The van der Waals surface area contributed by atoms with Gasteiger partial charge in [0.25, 0.3) is 0 Å². The summed E-state index contributed by atoms with van der Waals surface area (Å²) in [6.45, 7) is 10.1. The Bertz CT molecular complexity index is 471. The summed E-state index contributed by atoms with van der Waals surface area (Å²) in [7, 11) is 0. The number of benzene rings is 1. The first-order valence-electron chi connectivity index (χ1n) is 7.25. The van der Waals surface area contributed by atoms with Crippen molar-refractivity contribution in [2.24, 2.45) is 0 Å². The van der Waals surface area contributed by atoms with E-state index in [9.17, 15) is 4.79 Å². The lowest BCUT2D eigenvalue weighted by Gasteiger charge is -2.29. The summed E-state index contributed by atoms with van der Waals surface area (Å²) in [5, 5.41) is 9.65. The summed E-state index contributed by atoms with van der Waals surface area (Å²) in [5.74, 6) is 0.0288. The molecule has 0 saturated carbocycles. The van der Waals surface area contributed by atoms with Crippen molar-refractivity contribution in [2.75, 3.05) is 18.4 Å². The molecule has 1 saturated heterocycles. The summed E-state index contributed by atoms with van der Waals surface area (Å²) in [4.78, 5) is 12.3. The third kappa shape index (κ3) is 3.58. The Kier molecular flexibility index (Phi) is 4.45. The van der Waals surface area contributed by atoms with Crippen molar-refractivity contribution in [1.82, 2.24) is 10.6 Å². The van der Waals surface area contributed by atoms with Gasteiger partial charge in [0, 0.05) is 24.8 Å². The van der Waals surface area contributed by atoms with Crippen molar-refractivity contribution < 1.29 is 4.79 Å². The molecule has 20 heavy (non-hydrogen) atoms. The minimum absolute atomic E-state index is 0.0105. The Morgan fingerprint density at radius 3 is 2.50 bits per heavy atom. The van der Waals surface area contributed by atoms with E-state index in [-0.39, 0.29) is 17.4 Å². The van der Waals surface area contributed by atoms with Crippen LogP contribution in [0.25, 0.3) is 0 Å². The van der Waals surface area contributed by atoms with Crippen LogP contribution in [0.3, 0.4) is 0 Å². The van der Waals surface area contributed by atoms with Crippen LogP contribution in [0.2, 0.25) is 0 Å². The maximum Gasteiger partial charge on any atom is 0.242 e. The number of para-hydroxylation sites is 1. The van der Waals surface area contributed by atoms with Crippen LogP contribution >= 0.6 is 0 Å². The number of piperazine rings is 1. The fourth-order valence-electron chi connectivity index (χ4n) is 2.43. The molecule has 1 fully saturated rings. The lowest BCUT2D eigenvalue weighted by molar-refractivity contribution is -0.118. The van der Waals surface area contributed by atoms with Gasteiger partial charge in [-0.2, -0.15) is 0 Å². The largest absolute Gasteiger partial charge is 0.324 e. The van der Waals surface area contributed by atoms with Gasteiger partial charge in [-0.1, -0.05) is 39.0 Å². The van der Waals surface area contributed by atoms with E-state index in [2.05, 4.69) is 49.7 Å². The zero-order valence-electron chi connectivity index (χ0n) is 12.8. The number of hydrogen-bond acceptors (Lipinski definition) is 3. The van der Waals surface area contributed by atoms with E-state index in [1.165, 1.54) is 0 Å². The van der Waals surface area contributed by atoms with Crippen LogP contribution in [-0.2, 0) is 10.2 Å². The second-order valence-corrected chi connectivity index (χ2v) is 6.55. The van der Waals surface area contributed by atoms with Gasteiger partial charge < -0.3 is 16.0 Å². The first-order chi connectivity index (χ1) is 9.38. The number of amides is 1. The SMILES string of the molecule is CC1CNC(C(=O)Nc2ccccc2C(C)(C)C)CN1. The highest BCUT2D eigenvalue weighted by Crippen LogP contribution is 2.29. The van der Waals surface area contributed by atoms with E-state index < -0.39 is 0 Å². The first kappa shape index (κ1) is 15.0. The van der Waals surface area contributed by atoms with Gasteiger partial charge in [-0.25, -0.2) is 0 Å². The highest BCUT2D eigenvalue weighted by atomic mass is 16.2. The molecule has 0 radical (unpaired) electrons. The van der Waals surface area contributed by atoms with E-state index in [0.717, 1.165) is 17.8 Å². The zero-order chi connectivity index (χ0) is 14.8. The normalized spacial score (nSPS) is 23.4.